The van der Waals surface area contributed by atoms with Crippen molar-refractivity contribution in [2.75, 3.05) is 11.1 Å². The van der Waals surface area contributed by atoms with E-state index < -0.39 is 10.0 Å². The number of fused-ring (bicyclic) bond motifs is 1. The van der Waals surface area contributed by atoms with Crippen molar-refractivity contribution in [3.05, 3.63) is 109 Å². The number of nitrogens with zero attached hydrogens (tertiary/aromatic N) is 1. The third-order valence-electron chi connectivity index (χ3n) is 5.65. The Morgan fingerprint density at radius 2 is 1.61 bits per heavy atom. The normalized spacial score (nSPS) is 10.8. The Morgan fingerprint density at radius 3 is 2.34 bits per heavy atom. The Bertz CT molecular complexity index is 1690. The molecule has 0 saturated carbocycles. The molecule has 4 aromatic carbocycles. The first-order chi connectivity index (χ1) is 18.3. The summed E-state index contributed by atoms with van der Waals surface area (Å²) >= 11 is 0. The number of pyridine rings is 1. The standard InChI is InChI=1S/C16H13N3O2.C13H13NO2S/c17-16-13-9-12(6-5-11(13)7-8-18-16)21-15-4-2-1-3-14(15)19-10-20;1-10-6-8-11(9-7-10)12-4-2-3-5-13(12)17(14,15)16/h1-10H,(H2,17,18)(H,19,20);2-9H,1H3,(H2,14,15,16). The van der Waals surface area contributed by atoms with Crippen LogP contribution in [0.4, 0.5) is 11.5 Å². The van der Waals surface area contributed by atoms with Crippen LogP contribution >= 0.6 is 0 Å². The molecule has 9 heteroatoms. The van der Waals surface area contributed by atoms with Gasteiger partial charge < -0.3 is 15.8 Å². The number of benzene rings is 4. The Hall–Kier alpha value is -4.73. The lowest BCUT2D eigenvalue weighted by Gasteiger charge is -2.11. The lowest BCUT2D eigenvalue weighted by molar-refractivity contribution is -0.105. The highest BCUT2D eigenvalue weighted by Crippen LogP contribution is 2.32. The Balaban J connectivity index is 0.000000181. The zero-order chi connectivity index (χ0) is 27.1. The van der Waals surface area contributed by atoms with Gasteiger partial charge in [-0.2, -0.15) is 0 Å². The van der Waals surface area contributed by atoms with E-state index in [0.29, 0.717) is 35.0 Å². The van der Waals surface area contributed by atoms with E-state index in [1.54, 1.807) is 36.5 Å². The number of aryl methyl sites for hydroxylation is 1. The molecule has 8 nitrogen and oxygen atoms in total. The highest BCUT2D eigenvalue weighted by molar-refractivity contribution is 7.89. The van der Waals surface area contributed by atoms with E-state index in [4.69, 9.17) is 15.6 Å². The highest BCUT2D eigenvalue weighted by Gasteiger charge is 2.14. The fourth-order valence-corrected chi connectivity index (χ4v) is 4.55. The number of para-hydroxylation sites is 2. The van der Waals surface area contributed by atoms with Gasteiger partial charge in [-0.1, -0.05) is 66.2 Å². The molecule has 5 rings (SSSR count). The van der Waals surface area contributed by atoms with E-state index in [9.17, 15) is 13.2 Å². The molecule has 5 aromatic rings. The van der Waals surface area contributed by atoms with Crippen LogP contribution in [0.1, 0.15) is 5.56 Å². The summed E-state index contributed by atoms with van der Waals surface area (Å²) in [6.07, 6.45) is 2.28. The summed E-state index contributed by atoms with van der Waals surface area (Å²) in [4.78, 5) is 14.8. The number of primary sulfonamides is 1. The fraction of sp³-hybridized carbons (Fsp3) is 0.0345. The van der Waals surface area contributed by atoms with Gasteiger partial charge in [0.05, 0.1) is 10.6 Å². The van der Waals surface area contributed by atoms with Crippen LogP contribution in [-0.2, 0) is 14.8 Å². The van der Waals surface area contributed by atoms with E-state index >= 15 is 0 Å². The summed E-state index contributed by atoms with van der Waals surface area (Å²) in [6, 6.07) is 29.1. The first kappa shape index (κ1) is 26.3. The van der Waals surface area contributed by atoms with Crippen LogP contribution < -0.4 is 20.9 Å². The largest absolute Gasteiger partial charge is 0.455 e. The molecule has 5 N–H and O–H groups in total. The lowest BCUT2D eigenvalue weighted by Crippen LogP contribution is -2.13. The van der Waals surface area contributed by atoms with Crippen molar-refractivity contribution in [2.45, 2.75) is 11.8 Å². The SMILES string of the molecule is Cc1ccc(-c2ccccc2S(N)(=O)=O)cc1.Nc1nccc2ccc(Oc3ccccc3NC=O)cc12. The number of nitrogens with one attached hydrogen (secondary N) is 1. The molecule has 1 heterocycles. The highest BCUT2D eigenvalue weighted by atomic mass is 32.2. The number of aromatic nitrogens is 1. The first-order valence-corrected chi connectivity index (χ1v) is 13.1. The van der Waals surface area contributed by atoms with E-state index in [-0.39, 0.29) is 4.90 Å². The molecule has 1 amide bonds. The zero-order valence-electron chi connectivity index (χ0n) is 20.5. The number of hydrogen-bond donors (Lipinski definition) is 3. The van der Waals surface area contributed by atoms with E-state index in [0.717, 1.165) is 21.9 Å². The van der Waals surface area contributed by atoms with Crippen molar-refractivity contribution in [3.63, 3.8) is 0 Å². The van der Waals surface area contributed by atoms with E-state index in [2.05, 4.69) is 10.3 Å². The number of carbonyl (C=O) groups is 1. The van der Waals surface area contributed by atoms with Crippen LogP contribution in [0.15, 0.2) is 108 Å². The summed E-state index contributed by atoms with van der Waals surface area (Å²) in [6.45, 7) is 1.98. The Labute approximate surface area is 221 Å². The molecule has 0 aliphatic rings. The molecule has 0 atom stereocenters. The number of sulfonamides is 1. The second-order valence-electron chi connectivity index (χ2n) is 8.35. The van der Waals surface area contributed by atoms with Crippen LogP contribution in [0.2, 0.25) is 0 Å². The van der Waals surface area contributed by atoms with Gasteiger partial charge >= 0.3 is 0 Å². The molecule has 192 valence electrons. The van der Waals surface area contributed by atoms with Gasteiger partial charge in [-0.05, 0) is 54.3 Å². The van der Waals surface area contributed by atoms with Crippen LogP contribution in [0.3, 0.4) is 0 Å². The van der Waals surface area contributed by atoms with Crippen molar-refractivity contribution in [1.29, 1.82) is 0 Å². The maximum absolute atomic E-state index is 11.5. The van der Waals surface area contributed by atoms with Crippen LogP contribution in [-0.4, -0.2) is 19.8 Å². The molecule has 0 aliphatic carbocycles. The predicted octanol–water partition coefficient (Wildman–Crippen LogP) is 5.49. The van der Waals surface area contributed by atoms with Crippen molar-refractivity contribution in [2.24, 2.45) is 5.14 Å². The van der Waals surface area contributed by atoms with Gasteiger partial charge in [-0.25, -0.2) is 18.5 Å². The van der Waals surface area contributed by atoms with Gasteiger partial charge in [0, 0.05) is 17.1 Å². The zero-order valence-corrected chi connectivity index (χ0v) is 21.4. The molecule has 0 radical (unpaired) electrons. The predicted molar refractivity (Wildman–Crippen MR) is 150 cm³/mol. The number of ether oxygens (including phenoxy) is 1. The number of amides is 1. The van der Waals surface area contributed by atoms with Crippen LogP contribution in [0.5, 0.6) is 11.5 Å². The average Bonchev–Trinajstić information content (AvgIpc) is 2.91. The molecule has 0 saturated heterocycles. The monoisotopic (exact) mass is 526 g/mol. The molecule has 0 fully saturated rings. The van der Waals surface area contributed by atoms with Gasteiger partial charge in [0.2, 0.25) is 16.4 Å². The third kappa shape index (κ3) is 6.33. The second-order valence-corrected chi connectivity index (χ2v) is 9.88. The Morgan fingerprint density at radius 1 is 0.895 bits per heavy atom. The first-order valence-electron chi connectivity index (χ1n) is 11.6. The molecule has 38 heavy (non-hydrogen) atoms. The molecular weight excluding hydrogens is 500 g/mol. The van der Waals surface area contributed by atoms with Crippen LogP contribution in [0, 0.1) is 6.92 Å². The molecule has 0 unspecified atom stereocenters. The number of hydrogen-bond acceptors (Lipinski definition) is 6. The topological polar surface area (TPSA) is 137 Å². The van der Waals surface area contributed by atoms with Crippen molar-refractivity contribution < 1.29 is 17.9 Å². The quantitative estimate of drug-likeness (QED) is 0.250. The lowest BCUT2D eigenvalue weighted by atomic mass is 10.0. The van der Waals surface area contributed by atoms with Gasteiger partial charge in [0.1, 0.15) is 11.6 Å². The molecule has 0 spiro atoms. The smallest absolute Gasteiger partial charge is 0.238 e. The number of rotatable bonds is 6. The summed E-state index contributed by atoms with van der Waals surface area (Å²) in [5.74, 6) is 1.64. The van der Waals surface area contributed by atoms with Gasteiger partial charge in [-0.15, -0.1) is 0 Å². The fourth-order valence-electron chi connectivity index (χ4n) is 3.79. The van der Waals surface area contributed by atoms with Gasteiger partial charge in [0.25, 0.3) is 0 Å². The summed E-state index contributed by atoms with van der Waals surface area (Å²) in [7, 11) is -3.69. The average molecular weight is 527 g/mol. The molecular formula is C29H26N4O4S. The number of carbonyl (C=O) groups excluding carboxylic acids is 1. The summed E-state index contributed by atoms with van der Waals surface area (Å²) < 4.78 is 28.8. The van der Waals surface area contributed by atoms with Gasteiger partial charge in [0.15, 0.2) is 5.75 Å². The number of nitrogens with two attached hydrogens (primary N) is 2. The maximum Gasteiger partial charge on any atom is 0.238 e. The van der Waals surface area contributed by atoms with Gasteiger partial charge in [-0.3, -0.25) is 4.79 Å². The molecule has 0 bridgehead atoms. The number of anilines is 2. The molecule has 1 aromatic heterocycles. The van der Waals surface area contributed by atoms with Crippen molar-refractivity contribution in [3.8, 4) is 22.6 Å². The minimum Gasteiger partial charge on any atom is -0.455 e. The summed E-state index contributed by atoms with van der Waals surface area (Å²) in [5.41, 5.74) is 9.08. The number of nitrogen functional groups attached to an aromatic ring is 1. The van der Waals surface area contributed by atoms with Crippen molar-refractivity contribution >= 4 is 38.7 Å². The van der Waals surface area contributed by atoms with Crippen LogP contribution in [0.25, 0.3) is 21.9 Å². The minimum absolute atomic E-state index is 0.156. The van der Waals surface area contributed by atoms with E-state index in [1.165, 1.54) is 6.07 Å². The summed E-state index contributed by atoms with van der Waals surface area (Å²) in [5, 5.41) is 9.62. The Kier molecular flexibility index (Phi) is 8.00. The minimum atomic E-state index is -3.69. The third-order valence-corrected chi connectivity index (χ3v) is 6.62. The van der Waals surface area contributed by atoms with E-state index in [1.807, 2.05) is 67.6 Å². The molecule has 0 aliphatic heterocycles. The van der Waals surface area contributed by atoms with Crippen molar-refractivity contribution in [1.82, 2.24) is 4.98 Å². The second kappa shape index (κ2) is 11.5. The maximum atomic E-state index is 11.5.